The summed E-state index contributed by atoms with van der Waals surface area (Å²) in [6, 6.07) is 17.9. The lowest BCUT2D eigenvalue weighted by Gasteiger charge is -2.37. The molecule has 2 heterocycles. The molecular formula is C38H57N3O2. The first-order valence-corrected chi connectivity index (χ1v) is 16.4. The molecule has 0 saturated carbocycles. The van der Waals surface area contributed by atoms with Gasteiger partial charge < -0.3 is 10.0 Å². The Morgan fingerprint density at radius 3 is 1.84 bits per heavy atom. The Morgan fingerprint density at radius 1 is 0.907 bits per heavy atom. The van der Waals surface area contributed by atoms with Crippen LogP contribution in [0.2, 0.25) is 0 Å². The average molecular weight is 588 g/mol. The maximum absolute atomic E-state index is 11.6. The summed E-state index contributed by atoms with van der Waals surface area (Å²) in [5.41, 5.74) is 8.24. The van der Waals surface area contributed by atoms with Crippen LogP contribution in [0.25, 0.3) is 17.7 Å². The Hall–Kier alpha value is -2.99. The lowest BCUT2D eigenvalue weighted by atomic mass is 9.86. The molecule has 2 aromatic rings. The first-order valence-electron chi connectivity index (χ1n) is 16.4. The number of carbonyl (C=O) groups excluding carboxylic acids is 1. The van der Waals surface area contributed by atoms with Gasteiger partial charge in [0.1, 0.15) is 6.23 Å². The van der Waals surface area contributed by atoms with Crippen molar-refractivity contribution >= 4 is 23.6 Å². The zero-order valence-electron chi connectivity index (χ0n) is 27.7. The summed E-state index contributed by atoms with van der Waals surface area (Å²) in [7, 11) is 0. The summed E-state index contributed by atoms with van der Waals surface area (Å²) in [5.74, 6) is 0.352. The van der Waals surface area contributed by atoms with Gasteiger partial charge in [-0.3, -0.25) is 15.0 Å². The second-order valence-corrected chi connectivity index (χ2v) is 11.3. The molecule has 2 atom stereocenters. The Bertz CT molecular complexity index is 1120. The number of likely N-dealkylation sites (tertiary alicyclic amines) is 2. The van der Waals surface area contributed by atoms with Crippen LogP contribution in [0, 0.1) is 5.92 Å². The molecule has 1 amide bonds. The topological polar surface area (TPSA) is 55.8 Å². The molecule has 1 aliphatic carbocycles. The van der Waals surface area contributed by atoms with E-state index in [1.807, 2.05) is 18.7 Å². The van der Waals surface area contributed by atoms with Gasteiger partial charge in [-0.25, -0.2) is 0 Å². The summed E-state index contributed by atoms with van der Waals surface area (Å²) >= 11 is 0. The van der Waals surface area contributed by atoms with E-state index in [-0.39, 0.29) is 11.8 Å². The minimum Gasteiger partial charge on any atom is -0.378 e. The second-order valence-electron chi connectivity index (χ2n) is 11.3. The van der Waals surface area contributed by atoms with Crippen molar-refractivity contribution in [3.05, 3.63) is 89.5 Å². The quantitative estimate of drug-likeness (QED) is 0.236. The first kappa shape index (κ1) is 36.2. The number of rotatable bonds is 5. The van der Waals surface area contributed by atoms with Gasteiger partial charge >= 0.3 is 0 Å². The van der Waals surface area contributed by atoms with E-state index in [9.17, 15) is 9.90 Å². The number of piperidine rings is 2. The minimum absolute atomic E-state index is 0.135. The maximum Gasteiger partial charge on any atom is 0.219 e. The summed E-state index contributed by atoms with van der Waals surface area (Å²) in [6.07, 6.45) is 9.10. The molecular weight excluding hydrogens is 530 g/mol. The van der Waals surface area contributed by atoms with E-state index >= 15 is 0 Å². The van der Waals surface area contributed by atoms with Crippen molar-refractivity contribution in [1.29, 1.82) is 0 Å². The van der Waals surface area contributed by atoms with Gasteiger partial charge in [0.25, 0.3) is 0 Å². The molecule has 5 heteroatoms. The van der Waals surface area contributed by atoms with Crippen LogP contribution >= 0.6 is 0 Å². The van der Waals surface area contributed by atoms with Crippen LogP contribution in [-0.2, 0) is 4.79 Å². The van der Waals surface area contributed by atoms with Gasteiger partial charge in [-0.2, -0.15) is 0 Å². The van der Waals surface area contributed by atoms with Crippen molar-refractivity contribution in [1.82, 2.24) is 15.1 Å². The highest BCUT2D eigenvalue weighted by atomic mass is 16.3. The van der Waals surface area contributed by atoms with Crippen LogP contribution in [0.3, 0.4) is 0 Å². The molecule has 2 N–H and O–H groups in total. The van der Waals surface area contributed by atoms with Gasteiger partial charge in [0.05, 0.1) is 0 Å². The number of benzene rings is 2. The molecule has 0 bridgehead atoms. The van der Waals surface area contributed by atoms with Gasteiger partial charge in [-0.1, -0.05) is 100 Å². The highest BCUT2D eigenvalue weighted by Gasteiger charge is 2.28. The van der Waals surface area contributed by atoms with Crippen LogP contribution in [0.15, 0.2) is 67.3 Å². The number of hydrogen-bond acceptors (Lipinski definition) is 4. The van der Waals surface area contributed by atoms with Crippen molar-refractivity contribution in [2.45, 2.75) is 85.9 Å². The summed E-state index contributed by atoms with van der Waals surface area (Å²) in [4.78, 5) is 16.0. The van der Waals surface area contributed by atoms with Crippen LogP contribution in [-0.4, -0.2) is 65.8 Å². The fourth-order valence-electron chi connectivity index (χ4n) is 6.05. The molecule has 0 radical (unpaired) electrons. The van der Waals surface area contributed by atoms with Gasteiger partial charge in [0.15, 0.2) is 0 Å². The predicted molar refractivity (Wildman–Crippen MR) is 186 cm³/mol. The van der Waals surface area contributed by atoms with Crippen molar-refractivity contribution in [2.75, 3.05) is 32.7 Å². The predicted octanol–water partition coefficient (Wildman–Crippen LogP) is 7.87. The number of amides is 1. The largest absolute Gasteiger partial charge is 0.378 e. The van der Waals surface area contributed by atoms with Gasteiger partial charge in [-0.15, -0.1) is 13.2 Å². The third kappa shape index (κ3) is 10.0. The number of aliphatic hydroxyl groups excluding tert-OH is 1. The molecule has 5 rings (SSSR count). The Morgan fingerprint density at radius 2 is 1.37 bits per heavy atom. The summed E-state index contributed by atoms with van der Waals surface area (Å²) in [5, 5.41) is 14.1. The number of nitrogens with one attached hydrogen (secondary N) is 1. The molecule has 0 spiro atoms. The normalized spacial score (nSPS) is 17.8. The number of nitrogens with zero attached hydrogens (tertiary/aromatic N) is 2. The second kappa shape index (κ2) is 19.3. The van der Waals surface area contributed by atoms with E-state index in [0.717, 1.165) is 58.4 Å². The fraction of sp³-hybridized carbons (Fsp3) is 0.500. The molecule has 2 saturated heterocycles. The van der Waals surface area contributed by atoms with Crippen LogP contribution in [0.5, 0.6) is 0 Å². The number of carbonyl (C=O) groups is 1. The standard InChI is InChI=1S/C31H39N3O2.C3H8.C2H6.C2H4/c1-22(21-32-31(36)27-15-19-34(20-16-27)23(2)35)33-17-13-26(14-18-33)30-28-9-5-3-7-24(28)11-12-25-8-4-6-10-29(25)30;1-3-2;2*1-2/h3-12,22,27,31-32,36H,13-21H2,1-2H3;3H2,1-2H3;1-2H3;1-2H2. The monoisotopic (exact) mass is 587 g/mol. The molecule has 43 heavy (non-hydrogen) atoms. The van der Waals surface area contributed by atoms with E-state index in [1.54, 1.807) is 12.5 Å². The number of hydrogen-bond donors (Lipinski definition) is 2. The van der Waals surface area contributed by atoms with Crippen molar-refractivity contribution < 1.29 is 9.90 Å². The average Bonchev–Trinajstić information content (AvgIpc) is 3.23. The molecule has 236 valence electrons. The maximum atomic E-state index is 11.6. The Kier molecular flexibility index (Phi) is 16.3. The lowest BCUT2D eigenvalue weighted by Crippen LogP contribution is -2.49. The smallest absolute Gasteiger partial charge is 0.219 e. The summed E-state index contributed by atoms with van der Waals surface area (Å²) in [6.45, 7) is 22.5. The molecule has 5 nitrogen and oxygen atoms in total. The van der Waals surface area contributed by atoms with Gasteiger partial charge in [0.2, 0.25) is 5.91 Å². The van der Waals surface area contributed by atoms with Crippen LogP contribution in [0.1, 0.15) is 95.9 Å². The molecule has 3 aliphatic rings. The highest BCUT2D eigenvalue weighted by Crippen LogP contribution is 2.38. The van der Waals surface area contributed by atoms with E-state index in [4.69, 9.17) is 0 Å². The lowest BCUT2D eigenvalue weighted by molar-refractivity contribution is -0.130. The fourth-order valence-corrected chi connectivity index (χ4v) is 6.05. The zero-order valence-corrected chi connectivity index (χ0v) is 27.7. The Labute approximate surface area is 262 Å². The number of fused-ring (bicyclic) bond motifs is 2. The van der Waals surface area contributed by atoms with Crippen molar-refractivity contribution in [3.8, 4) is 0 Å². The van der Waals surface area contributed by atoms with E-state index in [2.05, 4.69) is 105 Å². The third-order valence-electron chi connectivity index (χ3n) is 8.34. The van der Waals surface area contributed by atoms with Crippen molar-refractivity contribution in [2.24, 2.45) is 5.92 Å². The van der Waals surface area contributed by atoms with E-state index in [1.165, 1.54) is 34.2 Å². The third-order valence-corrected chi connectivity index (χ3v) is 8.34. The van der Waals surface area contributed by atoms with E-state index < -0.39 is 6.23 Å². The minimum atomic E-state index is -0.504. The molecule has 0 aromatic heterocycles. The summed E-state index contributed by atoms with van der Waals surface area (Å²) < 4.78 is 0. The van der Waals surface area contributed by atoms with Gasteiger partial charge in [0, 0.05) is 51.6 Å². The van der Waals surface area contributed by atoms with Crippen molar-refractivity contribution in [3.63, 3.8) is 0 Å². The molecule has 2 aliphatic heterocycles. The first-order chi connectivity index (χ1) is 20.9. The SMILES string of the molecule is C=C.CC.CC(=O)N1CCC(C(O)NCC(C)N2CCC(=C3c4ccccc4C=Cc4ccccc43)CC2)CC1.CCC. The number of aliphatic hydroxyl groups is 1. The van der Waals surface area contributed by atoms with E-state index in [0.29, 0.717) is 6.04 Å². The molecule has 2 fully saturated rings. The van der Waals surface area contributed by atoms with Gasteiger partial charge in [-0.05, 0) is 60.4 Å². The van der Waals surface area contributed by atoms with Crippen LogP contribution in [0.4, 0.5) is 0 Å². The molecule has 2 aromatic carbocycles. The Balaban J connectivity index is 0.000000853. The highest BCUT2D eigenvalue weighted by molar-refractivity contribution is 5.94. The molecule has 2 unspecified atom stereocenters. The van der Waals surface area contributed by atoms with Crippen LogP contribution < -0.4 is 5.32 Å². The zero-order chi connectivity index (χ0) is 31.8.